The number of ether oxygens (including phenoxy) is 1. The van der Waals surface area contributed by atoms with Crippen molar-refractivity contribution < 1.29 is 14.5 Å². The second-order valence-corrected chi connectivity index (χ2v) is 6.65. The van der Waals surface area contributed by atoms with Crippen molar-refractivity contribution in [1.29, 1.82) is 0 Å². The third kappa shape index (κ3) is 4.05. The van der Waals surface area contributed by atoms with Gasteiger partial charge in [0.05, 0.1) is 23.4 Å². The summed E-state index contributed by atoms with van der Waals surface area (Å²) in [5.74, 6) is -0.0345. The van der Waals surface area contributed by atoms with Gasteiger partial charge in [-0.25, -0.2) is 4.98 Å². The molecule has 0 aliphatic carbocycles. The molecule has 0 spiro atoms. The van der Waals surface area contributed by atoms with Crippen LogP contribution in [0.15, 0.2) is 59.5 Å². The van der Waals surface area contributed by atoms with Gasteiger partial charge in [0.2, 0.25) is 0 Å². The van der Waals surface area contributed by atoms with Crippen LogP contribution < -0.4 is 4.74 Å². The first-order valence-electron chi connectivity index (χ1n) is 8.03. The Morgan fingerprint density at radius 1 is 1.36 bits per heavy atom. The molecule has 0 N–H and O–H groups in total. The third-order valence-corrected chi connectivity index (χ3v) is 4.74. The van der Waals surface area contributed by atoms with Crippen LogP contribution in [-0.4, -0.2) is 27.2 Å². The molecule has 0 saturated heterocycles. The zero-order chi connectivity index (χ0) is 20.1. The summed E-state index contributed by atoms with van der Waals surface area (Å²) in [5.41, 5.74) is 1.61. The molecule has 0 radical (unpaired) electrons. The molecular weight excluding hydrogens is 398 g/mol. The highest BCUT2D eigenvalue weighted by atomic mass is 32.1. The summed E-state index contributed by atoms with van der Waals surface area (Å²) in [4.78, 5) is 28.1. The Kier molecular flexibility index (Phi) is 6.07. The standard InChI is InChI=1S/C19H15N3O4S2/c1-26-17-8-5-13(12-16(17)22(24)25)18-15(21-9-11-28-19(21)20-18)7-6-14(23)4-2-3-10-27/h2-12,27H,1H3/b4-2+,7-6+,10-3-. The smallest absolute Gasteiger partial charge is 0.311 e. The van der Waals surface area contributed by atoms with Gasteiger partial charge in [0, 0.05) is 23.2 Å². The predicted molar refractivity (Wildman–Crippen MR) is 113 cm³/mol. The first-order chi connectivity index (χ1) is 13.5. The normalized spacial score (nSPS) is 11.9. The number of allylic oxidation sites excluding steroid dienone is 4. The van der Waals surface area contributed by atoms with E-state index in [0.717, 1.165) is 0 Å². The van der Waals surface area contributed by atoms with Crippen molar-refractivity contribution >= 4 is 46.5 Å². The quantitative estimate of drug-likeness (QED) is 0.202. The lowest BCUT2D eigenvalue weighted by Crippen LogP contribution is -1.95. The number of carbonyl (C=O) groups is 1. The first kappa shape index (κ1) is 19.6. The van der Waals surface area contributed by atoms with Crippen molar-refractivity contribution in [3.8, 4) is 17.0 Å². The fourth-order valence-corrected chi connectivity index (χ4v) is 3.39. The summed E-state index contributed by atoms with van der Waals surface area (Å²) < 4.78 is 6.89. The minimum atomic E-state index is -0.500. The van der Waals surface area contributed by atoms with Crippen molar-refractivity contribution in [1.82, 2.24) is 9.38 Å². The summed E-state index contributed by atoms with van der Waals surface area (Å²) in [5, 5.41) is 14.7. The van der Waals surface area contributed by atoms with Gasteiger partial charge in [-0.15, -0.1) is 11.3 Å². The fraction of sp³-hybridized carbons (Fsp3) is 0.0526. The van der Waals surface area contributed by atoms with Crippen molar-refractivity contribution in [2.24, 2.45) is 0 Å². The van der Waals surface area contributed by atoms with Gasteiger partial charge in [-0.2, -0.15) is 12.6 Å². The zero-order valence-corrected chi connectivity index (χ0v) is 16.4. The number of hydrogen-bond acceptors (Lipinski definition) is 7. The Morgan fingerprint density at radius 2 is 2.18 bits per heavy atom. The van der Waals surface area contributed by atoms with Crippen LogP contribution in [0.1, 0.15) is 5.69 Å². The number of nitro groups is 1. The van der Waals surface area contributed by atoms with Crippen LogP contribution in [0, 0.1) is 10.1 Å². The van der Waals surface area contributed by atoms with Crippen LogP contribution in [-0.2, 0) is 4.79 Å². The van der Waals surface area contributed by atoms with Gasteiger partial charge in [-0.3, -0.25) is 19.3 Å². The van der Waals surface area contributed by atoms with E-state index in [-0.39, 0.29) is 17.2 Å². The molecule has 0 aliphatic heterocycles. The summed E-state index contributed by atoms with van der Waals surface area (Å²) in [7, 11) is 1.38. The molecule has 142 valence electrons. The van der Waals surface area contributed by atoms with Crippen molar-refractivity contribution in [2.45, 2.75) is 0 Å². The van der Waals surface area contributed by atoms with Crippen LogP contribution >= 0.6 is 24.0 Å². The number of ketones is 1. The van der Waals surface area contributed by atoms with E-state index in [0.29, 0.717) is 21.9 Å². The Balaban J connectivity index is 2.07. The molecule has 3 aromatic rings. The number of rotatable bonds is 7. The van der Waals surface area contributed by atoms with Gasteiger partial charge in [-0.1, -0.05) is 12.2 Å². The summed E-state index contributed by atoms with van der Waals surface area (Å²) in [6, 6.07) is 4.66. The number of thiol groups is 1. The molecule has 7 nitrogen and oxygen atoms in total. The maximum absolute atomic E-state index is 12.0. The predicted octanol–water partition coefficient (Wildman–Crippen LogP) is 4.56. The number of fused-ring (bicyclic) bond motifs is 1. The van der Waals surface area contributed by atoms with Crippen LogP contribution in [0.5, 0.6) is 5.75 Å². The first-order valence-corrected chi connectivity index (χ1v) is 9.42. The van der Waals surface area contributed by atoms with Crippen molar-refractivity contribution in [3.63, 3.8) is 0 Å². The number of thiazole rings is 1. The largest absolute Gasteiger partial charge is 0.490 e. The number of nitrogens with zero attached hydrogens (tertiary/aromatic N) is 3. The number of imidazole rings is 1. The molecule has 9 heteroatoms. The number of hydrogen-bond donors (Lipinski definition) is 1. The molecule has 0 unspecified atom stereocenters. The second kappa shape index (κ2) is 8.68. The molecule has 2 aromatic heterocycles. The minimum Gasteiger partial charge on any atom is -0.490 e. The van der Waals surface area contributed by atoms with Gasteiger partial charge < -0.3 is 4.74 Å². The molecule has 3 rings (SSSR count). The molecule has 0 bridgehead atoms. The summed E-state index contributed by atoms with van der Waals surface area (Å²) in [6.07, 6.45) is 9.53. The monoisotopic (exact) mass is 413 g/mol. The Bertz CT molecular complexity index is 1130. The van der Waals surface area contributed by atoms with Gasteiger partial charge in [0.15, 0.2) is 16.5 Å². The molecule has 28 heavy (non-hydrogen) atoms. The SMILES string of the molecule is COc1ccc(-c2nc3sccn3c2/C=C/C(=O)/C=C/C=C\S)cc1[N+](=O)[O-]. The molecular formula is C19H15N3O4S2. The Labute approximate surface area is 169 Å². The molecule has 0 fully saturated rings. The van der Waals surface area contributed by atoms with E-state index in [9.17, 15) is 14.9 Å². The minimum absolute atomic E-state index is 0.149. The molecule has 0 aliphatic rings. The second-order valence-electron chi connectivity index (χ2n) is 5.48. The lowest BCUT2D eigenvalue weighted by atomic mass is 10.1. The maximum Gasteiger partial charge on any atom is 0.311 e. The maximum atomic E-state index is 12.0. The number of benzene rings is 1. The van der Waals surface area contributed by atoms with E-state index in [1.54, 1.807) is 24.3 Å². The molecule has 2 heterocycles. The molecule has 0 amide bonds. The third-order valence-electron chi connectivity index (χ3n) is 3.81. The van der Waals surface area contributed by atoms with Crippen LogP contribution in [0.4, 0.5) is 5.69 Å². The highest BCUT2D eigenvalue weighted by Gasteiger charge is 2.19. The highest BCUT2D eigenvalue weighted by molar-refractivity contribution is 7.83. The van der Waals surface area contributed by atoms with E-state index >= 15 is 0 Å². The lowest BCUT2D eigenvalue weighted by Gasteiger charge is -2.04. The molecule has 0 atom stereocenters. The topological polar surface area (TPSA) is 86.7 Å². The number of aromatic nitrogens is 2. The zero-order valence-electron chi connectivity index (χ0n) is 14.7. The van der Waals surface area contributed by atoms with Crippen molar-refractivity contribution in [2.75, 3.05) is 7.11 Å². The number of carbonyl (C=O) groups excluding carboxylic acids is 1. The fourth-order valence-electron chi connectivity index (χ4n) is 2.57. The summed E-state index contributed by atoms with van der Waals surface area (Å²) in [6.45, 7) is 0. The van der Waals surface area contributed by atoms with E-state index in [2.05, 4.69) is 17.6 Å². The average Bonchev–Trinajstić information content (AvgIpc) is 3.27. The van der Waals surface area contributed by atoms with Crippen LogP contribution in [0.25, 0.3) is 22.3 Å². The van der Waals surface area contributed by atoms with E-state index in [4.69, 9.17) is 4.74 Å². The number of methoxy groups -OCH3 is 1. The van der Waals surface area contributed by atoms with Gasteiger partial charge in [0.1, 0.15) is 0 Å². The molecule has 1 aromatic carbocycles. The Morgan fingerprint density at radius 3 is 2.89 bits per heavy atom. The van der Waals surface area contributed by atoms with E-state index in [1.165, 1.54) is 48.1 Å². The van der Waals surface area contributed by atoms with Gasteiger partial charge in [-0.05, 0) is 35.8 Å². The lowest BCUT2D eigenvalue weighted by molar-refractivity contribution is -0.385. The van der Waals surface area contributed by atoms with E-state index < -0.39 is 4.92 Å². The average molecular weight is 413 g/mol. The summed E-state index contributed by atoms with van der Waals surface area (Å²) >= 11 is 5.35. The number of nitro benzene ring substituents is 1. The Hall–Kier alpha value is -3.17. The van der Waals surface area contributed by atoms with Gasteiger partial charge >= 0.3 is 5.69 Å². The van der Waals surface area contributed by atoms with Crippen LogP contribution in [0.2, 0.25) is 0 Å². The molecule has 0 saturated carbocycles. The highest BCUT2D eigenvalue weighted by Crippen LogP contribution is 2.34. The van der Waals surface area contributed by atoms with Gasteiger partial charge in [0.25, 0.3) is 0 Å². The van der Waals surface area contributed by atoms with Crippen LogP contribution in [0.3, 0.4) is 0 Å². The van der Waals surface area contributed by atoms with Crippen molar-refractivity contribution in [3.05, 3.63) is 75.3 Å². The van der Waals surface area contributed by atoms with E-state index in [1.807, 2.05) is 16.0 Å².